The molecule has 1 aliphatic heterocycles. The van der Waals surface area contributed by atoms with E-state index in [1.54, 1.807) is 7.11 Å². The first kappa shape index (κ1) is 12.1. The third kappa shape index (κ3) is 3.30. The molecule has 82 valence electrons. The number of hydrogen-bond acceptors (Lipinski definition) is 3. The number of likely N-dealkylation sites (tertiary alicyclic amines) is 1. The van der Waals surface area contributed by atoms with Crippen LogP contribution in [0.2, 0.25) is 0 Å². The Morgan fingerprint density at radius 1 is 1.64 bits per heavy atom. The van der Waals surface area contributed by atoms with Crippen molar-refractivity contribution >= 4 is 12.6 Å². The van der Waals surface area contributed by atoms with Gasteiger partial charge in [0.2, 0.25) is 0 Å². The summed E-state index contributed by atoms with van der Waals surface area (Å²) in [5.41, 5.74) is 1.23. The third-order valence-corrected chi connectivity index (χ3v) is 3.35. The highest BCUT2D eigenvalue weighted by Crippen LogP contribution is 2.24. The van der Waals surface area contributed by atoms with Gasteiger partial charge in [0.05, 0.1) is 5.60 Å². The lowest BCUT2D eigenvalue weighted by Gasteiger charge is -2.39. The Kier molecular flexibility index (Phi) is 4.48. The fourth-order valence-corrected chi connectivity index (χ4v) is 2.08. The van der Waals surface area contributed by atoms with Gasteiger partial charge in [0.1, 0.15) is 0 Å². The van der Waals surface area contributed by atoms with Crippen LogP contribution in [-0.4, -0.2) is 43.0 Å². The maximum absolute atomic E-state index is 5.53. The van der Waals surface area contributed by atoms with E-state index in [2.05, 4.69) is 31.0 Å². The van der Waals surface area contributed by atoms with Crippen LogP contribution in [0.25, 0.3) is 0 Å². The number of hydrogen-bond donors (Lipinski definition) is 1. The van der Waals surface area contributed by atoms with Crippen molar-refractivity contribution in [2.45, 2.75) is 25.4 Å². The van der Waals surface area contributed by atoms with Crippen LogP contribution in [0.5, 0.6) is 0 Å². The summed E-state index contributed by atoms with van der Waals surface area (Å²) in [7, 11) is 1.80. The molecule has 0 aromatic heterocycles. The number of piperidine rings is 1. The van der Waals surface area contributed by atoms with Crippen LogP contribution >= 0.6 is 12.6 Å². The van der Waals surface area contributed by atoms with E-state index in [1.165, 1.54) is 12.0 Å². The van der Waals surface area contributed by atoms with Crippen LogP contribution < -0.4 is 0 Å². The molecule has 1 saturated heterocycles. The first-order chi connectivity index (χ1) is 6.59. The Balaban J connectivity index is 2.44. The van der Waals surface area contributed by atoms with E-state index in [9.17, 15) is 0 Å². The zero-order valence-electron chi connectivity index (χ0n) is 9.25. The average molecular weight is 215 g/mol. The summed E-state index contributed by atoms with van der Waals surface area (Å²) in [6.45, 7) is 9.29. The number of thiol groups is 1. The van der Waals surface area contributed by atoms with Crippen LogP contribution in [-0.2, 0) is 4.74 Å². The van der Waals surface area contributed by atoms with Crippen molar-refractivity contribution in [2.75, 3.05) is 32.5 Å². The van der Waals surface area contributed by atoms with Gasteiger partial charge in [-0.2, -0.15) is 12.6 Å². The molecular weight excluding hydrogens is 194 g/mol. The van der Waals surface area contributed by atoms with Crippen molar-refractivity contribution in [3.63, 3.8) is 0 Å². The van der Waals surface area contributed by atoms with Gasteiger partial charge in [-0.15, -0.1) is 0 Å². The minimum atomic E-state index is 0.0368. The number of rotatable bonds is 4. The lowest BCUT2D eigenvalue weighted by atomic mass is 9.94. The van der Waals surface area contributed by atoms with Crippen molar-refractivity contribution in [1.82, 2.24) is 4.90 Å². The van der Waals surface area contributed by atoms with Crippen molar-refractivity contribution in [3.05, 3.63) is 12.2 Å². The van der Waals surface area contributed by atoms with Gasteiger partial charge in [-0.25, -0.2) is 0 Å². The molecule has 0 radical (unpaired) electrons. The minimum absolute atomic E-state index is 0.0368. The monoisotopic (exact) mass is 215 g/mol. The van der Waals surface area contributed by atoms with Gasteiger partial charge in [0.25, 0.3) is 0 Å². The zero-order chi connectivity index (χ0) is 10.6. The van der Waals surface area contributed by atoms with Crippen molar-refractivity contribution in [3.8, 4) is 0 Å². The highest BCUT2D eigenvalue weighted by atomic mass is 32.1. The standard InChI is InChI=1S/C11H21NOS/c1-10(8-14)7-12-6-4-5-11(2,9-12)13-3/h14H,1,4-9H2,2-3H3. The molecule has 0 aromatic rings. The van der Waals surface area contributed by atoms with Crippen molar-refractivity contribution in [2.24, 2.45) is 0 Å². The Labute approximate surface area is 92.7 Å². The predicted molar refractivity (Wildman–Crippen MR) is 64.1 cm³/mol. The molecule has 0 spiro atoms. The van der Waals surface area contributed by atoms with E-state index in [1.807, 2.05) is 0 Å². The molecule has 0 bridgehead atoms. The Morgan fingerprint density at radius 2 is 2.36 bits per heavy atom. The summed E-state index contributed by atoms with van der Waals surface area (Å²) < 4.78 is 5.53. The molecule has 1 aliphatic rings. The molecule has 1 fully saturated rings. The second kappa shape index (κ2) is 5.19. The van der Waals surface area contributed by atoms with Crippen molar-refractivity contribution < 1.29 is 4.74 Å². The zero-order valence-corrected chi connectivity index (χ0v) is 10.1. The first-order valence-electron chi connectivity index (χ1n) is 5.15. The van der Waals surface area contributed by atoms with Crippen LogP contribution in [0.15, 0.2) is 12.2 Å². The van der Waals surface area contributed by atoms with Gasteiger partial charge >= 0.3 is 0 Å². The smallest absolute Gasteiger partial charge is 0.0777 e. The lowest BCUT2D eigenvalue weighted by Crippen LogP contribution is -2.47. The molecule has 14 heavy (non-hydrogen) atoms. The summed E-state index contributed by atoms with van der Waals surface area (Å²) in [5, 5.41) is 0. The van der Waals surface area contributed by atoms with E-state index >= 15 is 0 Å². The molecule has 0 amide bonds. The van der Waals surface area contributed by atoms with Gasteiger partial charge < -0.3 is 4.74 Å². The number of methoxy groups -OCH3 is 1. The average Bonchev–Trinajstić information content (AvgIpc) is 2.18. The second-order valence-electron chi connectivity index (χ2n) is 4.38. The lowest BCUT2D eigenvalue weighted by molar-refractivity contribution is -0.0483. The van der Waals surface area contributed by atoms with E-state index < -0.39 is 0 Å². The Bertz CT molecular complexity index is 207. The largest absolute Gasteiger partial charge is 0.377 e. The van der Waals surface area contributed by atoms with E-state index in [-0.39, 0.29) is 5.60 Å². The molecule has 0 aliphatic carbocycles. The summed E-state index contributed by atoms with van der Waals surface area (Å²) in [6, 6.07) is 0. The highest BCUT2D eigenvalue weighted by Gasteiger charge is 2.30. The molecular formula is C11H21NOS. The predicted octanol–water partition coefficient (Wildman–Crippen LogP) is 1.97. The Morgan fingerprint density at radius 3 is 2.93 bits per heavy atom. The highest BCUT2D eigenvalue weighted by molar-refractivity contribution is 7.80. The fraction of sp³-hybridized carbons (Fsp3) is 0.818. The molecule has 1 rings (SSSR count). The maximum atomic E-state index is 5.53. The summed E-state index contributed by atoms with van der Waals surface area (Å²) in [6.07, 6.45) is 2.37. The van der Waals surface area contributed by atoms with Crippen LogP contribution in [0.4, 0.5) is 0 Å². The van der Waals surface area contributed by atoms with E-state index in [4.69, 9.17) is 4.74 Å². The topological polar surface area (TPSA) is 12.5 Å². The van der Waals surface area contributed by atoms with Crippen LogP contribution in [0, 0.1) is 0 Å². The summed E-state index contributed by atoms with van der Waals surface area (Å²) in [5.74, 6) is 0.778. The fourth-order valence-electron chi connectivity index (χ4n) is 1.98. The quantitative estimate of drug-likeness (QED) is 0.568. The number of ether oxygens (including phenoxy) is 1. The molecule has 0 aromatic carbocycles. The van der Waals surface area contributed by atoms with E-state index in [0.717, 1.165) is 31.8 Å². The molecule has 1 unspecified atom stereocenters. The van der Waals surface area contributed by atoms with Gasteiger partial charge in [0.15, 0.2) is 0 Å². The van der Waals surface area contributed by atoms with Gasteiger partial charge in [-0.3, -0.25) is 4.90 Å². The third-order valence-electron chi connectivity index (χ3n) is 2.90. The van der Waals surface area contributed by atoms with Gasteiger partial charge in [-0.1, -0.05) is 12.2 Å². The normalized spacial score (nSPS) is 29.1. The molecule has 0 N–H and O–H groups in total. The SMILES string of the molecule is C=C(CS)CN1CCCC(C)(OC)C1. The molecule has 1 atom stereocenters. The van der Waals surface area contributed by atoms with Gasteiger partial charge in [-0.05, 0) is 26.3 Å². The minimum Gasteiger partial charge on any atom is -0.377 e. The van der Waals surface area contributed by atoms with Crippen molar-refractivity contribution in [1.29, 1.82) is 0 Å². The molecule has 1 heterocycles. The first-order valence-corrected chi connectivity index (χ1v) is 5.78. The number of nitrogens with zero attached hydrogens (tertiary/aromatic N) is 1. The summed E-state index contributed by atoms with van der Waals surface area (Å²) in [4.78, 5) is 2.41. The molecule has 3 heteroatoms. The maximum Gasteiger partial charge on any atom is 0.0777 e. The van der Waals surface area contributed by atoms with Crippen LogP contribution in [0.1, 0.15) is 19.8 Å². The second-order valence-corrected chi connectivity index (χ2v) is 4.69. The Hall–Kier alpha value is 0.01000. The summed E-state index contributed by atoms with van der Waals surface area (Å²) >= 11 is 4.22. The van der Waals surface area contributed by atoms with Gasteiger partial charge in [0, 0.05) is 26.0 Å². The molecule has 0 saturated carbocycles. The van der Waals surface area contributed by atoms with E-state index in [0.29, 0.717) is 0 Å². The molecule has 2 nitrogen and oxygen atoms in total. The van der Waals surface area contributed by atoms with Crippen LogP contribution in [0.3, 0.4) is 0 Å².